The number of anilines is 5. The molecular formula is C22H30N8O. The molecule has 1 fully saturated rings. The van der Waals surface area contributed by atoms with E-state index in [4.69, 9.17) is 21.3 Å². The first-order chi connectivity index (χ1) is 15.0. The zero-order valence-corrected chi connectivity index (χ0v) is 18.2. The highest BCUT2D eigenvalue weighted by Gasteiger charge is 2.17. The van der Waals surface area contributed by atoms with Gasteiger partial charge in [-0.05, 0) is 38.1 Å². The van der Waals surface area contributed by atoms with Crippen LogP contribution in [0.2, 0.25) is 0 Å². The Morgan fingerprint density at radius 2 is 1.97 bits per heavy atom. The van der Waals surface area contributed by atoms with Crippen LogP contribution >= 0.6 is 0 Å². The number of nitrogens with zero attached hydrogens (tertiary/aromatic N) is 4. The average Bonchev–Trinajstić information content (AvgIpc) is 2.79. The zero-order valence-electron chi connectivity index (χ0n) is 18.2. The Hall–Kier alpha value is -3.30. The molecule has 0 amide bonds. The minimum Gasteiger partial charge on any atom is -0.494 e. The second-order valence-corrected chi connectivity index (χ2v) is 7.88. The number of hydrogen-bond donors (Lipinski definition) is 4. The summed E-state index contributed by atoms with van der Waals surface area (Å²) in [6.45, 7) is 7.91. The summed E-state index contributed by atoms with van der Waals surface area (Å²) in [4.78, 5) is 11.5. The van der Waals surface area contributed by atoms with E-state index < -0.39 is 0 Å². The lowest BCUT2D eigenvalue weighted by atomic mass is 10.1. The van der Waals surface area contributed by atoms with Crippen LogP contribution in [0.3, 0.4) is 0 Å². The second-order valence-electron chi connectivity index (χ2n) is 7.88. The van der Waals surface area contributed by atoms with Gasteiger partial charge in [0.15, 0.2) is 0 Å². The summed E-state index contributed by atoms with van der Waals surface area (Å²) in [5.74, 6) is 7.46. The summed E-state index contributed by atoms with van der Waals surface area (Å²) in [5, 5.41) is 9.16. The molecule has 1 saturated heterocycles. The van der Waals surface area contributed by atoms with Crippen molar-refractivity contribution in [1.82, 2.24) is 15.3 Å². The second kappa shape index (κ2) is 8.83. The summed E-state index contributed by atoms with van der Waals surface area (Å²) >= 11 is 0. The maximum absolute atomic E-state index is 6.28. The Kier molecular flexibility index (Phi) is 5.97. The Morgan fingerprint density at radius 3 is 2.68 bits per heavy atom. The van der Waals surface area contributed by atoms with Gasteiger partial charge in [0.05, 0.1) is 18.5 Å². The SMILES string of the molecule is COc1cc(N2CCNCC2)ccc1Nc1ncc2ccc(N)c(N(N)C(C)C)c2n1. The van der Waals surface area contributed by atoms with Crippen LogP contribution in [0.1, 0.15) is 13.8 Å². The van der Waals surface area contributed by atoms with Gasteiger partial charge in [-0.15, -0.1) is 0 Å². The average molecular weight is 423 g/mol. The molecule has 3 aromatic rings. The molecule has 2 aromatic carbocycles. The number of benzene rings is 2. The highest BCUT2D eigenvalue weighted by Crippen LogP contribution is 2.34. The molecule has 9 heteroatoms. The number of hydrazine groups is 1. The predicted molar refractivity (Wildman–Crippen MR) is 127 cm³/mol. The Bertz CT molecular complexity index is 1060. The number of nitrogens with one attached hydrogen (secondary N) is 2. The van der Waals surface area contributed by atoms with Gasteiger partial charge in [0.2, 0.25) is 5.95 Å². The molecule has 0 aliphatic carbocycles. The van der Waals surface area contributed by atoms with Crippen LogP contribution in [-0.2, 0) is 0 Å². The number of aromatic nitrogens is 2. The van der Waals surface area contributed by atoms with Crippen LogP contribution in [0.15, 0.2) is 36.5 Å². The molecular weight excluding hydrogens is 392 g/mol. The Labute approximate surface area is 182 Å². The van der Waals surface area contributed by atoms with Crippen molar-refractivity contribution < 1.29 is 4.74 Å². The standard InChI is InChI=1S/C22H30N8O/c1-14(2)30(24)21-17(23)6-4-15-13-26-22(28-20(15)21)27-18-7-5-16(12-19(18)31-3)29-10-8-25-9-11-29/h4-7,12-14,25H,8-11,23-24H2,1-3H3,(H,26,27,28). The fourth-order valence-corrected chi connectivity index (χ4v) is 3.71. The molecule has 164 valence electrons. The van der Waals surface area contributed by atoms with Crippen LogP contribution in [0, 0.1) is 0 Å². The van der Waals surface area contributed by atoms with Crippen molar-refractivity contribution >= 4 is 39.6 Å². The minimum atomic E-state index is 0.0666. The highest BCUT2D eigenvalue weighted by molar-refractivity contribution is 5.97. The number of rotatable bonds is 6. The lowest BCUT2D eigenvalue weighted by molar-refractivity contribution is 0.416. The molecule has 4 rings (SSSR count). The van der Waals surface area contributed by atoms with Crippen LogP contribution in [0.25, 0.3) is 10.9 Å². The van der Waals surface area contributed by atoms with Crippen LogP contribution < -0.4 is 36.9 Å². The fraction of sp³-hybridized carbons (Fsp3) is 0.364. The van der Waals surface area contributed by atoms with Gasteiger partial charge in [0, 0.05) is 55.6 Å². The van der Waals surface area contributed by atoms with Crippen molar-refractivity contribution in [3.8, 4) is 5.75 Å². The van der Waals surface area contributed by atoms with Gasteiger partial charge in [0.1, 0.15) is 17.0 Å². The number of nitrogen functional groups attached to an aromatic ring is 1. The van der Waals surface area contributed by atoms with Gasteiger partial charge < -0.3 is 31.0 Å². The molecule has 0 unspecified atom stereocenters. The van der Waals surface area contributed by atoms with E-state index >= 15 is 0 Å². The van der Waals surface area contributed by atoms with E-state index in [1.165, 1.54) is 0 Å². The topological polar surface area (TPSA) is 118 Å². The highest BCUT2D eigenvalue weighted by atomic mass is 16.5. The number of ether oxygens (including phenoxy) is 1. The quantitative estimate of drug-likeness (QED) is 0.270. The summed E-state index contributed by atoms with van der Waals surface area (Å²) in [5.41, 5.74) is 10.1. The van der Waals surface area contributed by atoms with Crippen molar-refractivity contribution in [2.75, 3.05) is 54.2 Å². The van der Waals surface area contributed by atoms with Crippen molar-refractivity contribution in [3.05, 3.63) is 36.5 Å². The first-order valence-electron chi connectivity index (χ1n) is 10.5. The first kappa shape index (κ1) is 21.0. The molecule has 0 radical (unpaired) electrons. The molecule has 1 aromatic heterocycles. The molecule has 1 aliphatic rings. The Balaban J connectivity index is 1.67. The van der Waals surface area contributed by atoms with Crippen molar-refractivity contribution in [2.24, 2.45) is 5.84 Å². The summed E-state index contributed by atoms with van der Waals surface area (Å²) < 4.78 is 5.64. The van der Waals surface area contributed by atoms with Gasteiger partial charge in [-0.1, -0.05) is 0 Å². The maximum Gasteiger partial charge on any atom is 0.227 e. The van der Waals surface area contributed by atoms with Crippen molar-refractivity contribution in [1.29, 1.82) is 0 Å². The summed E-state index contributed by atoms with van der Waals surface area (Å²) in [6, 6.07) is 9.91. The summed E-state index contributed by atoms with van der Waals surface area (Å²) in [6.07, 6.45) is 1.77. The van der Waals surface area contributed by atoms with E-state index in [-0.39, 0.29) is 6.04 Å². The number of hydrogen-bond acceptors (Lipinski definition) is 9. The van der Waals surface area contributed by atoms with Gasteiger partial charge in [-0.3, -0.25) is 0 Å². The molecule has 1 aliphatic heterocycles. The molecule has 0 atom stereocenters. The molecule has 31 heavy (non-hydrogen) atoms. The van der Waals surface area contributed by atoms with E-state index in [0.29, 0.717) is 22.8 Å². The molecule has 0 saturated carbocycles. The number of nitrogens with two attached hydrogens (primary N) is 2. The van der Waals surface area contributed by atoms with Gasteiger partial charge in [-0.2, -0.15) is 0 Å². The van der Waals surface area contributed by atoms with E-state index in [1.807, 2.05) is 38.1 Å². The molecule has 0 bridgehead atoms. The maximum atomic E-state index is 6.28. The van der Waals surface area contributed by atoms with E-state index in [0.717, 1.165) is 48.7 Å². The largest absolute Gasteiger partial charge is 0.494 e. The monoisotopic (exact) mass is 422 g/mol. The van der Waals surface area contributed by atoms with Crippen LogP contribution in [-0.4, -0.2) is 49.3 Å². The third-order valence-electron chi connectivity index (χ3n) is 5.49. The predicted octanol–water partition coefficient (Wildman–Crippen LogP) is 2.46. The summed E-state index contributed by atoms with van der Waals surface area (Å²) in [7, 11) is 1.66. The normalized spacial score (nSPS) is 14.2. The van der Waals surface area contributed by atoms with Gasteiger partial charge in [0.25, 0.3) is 0 Å². The van der Waals surface area contributed by atoms with Crippen molar-refractivity contribution in [3.63, 3.8) is 0 Å². The third-order valence-corrected chi connectivity index (χ3v) is 5.49. The third kappa shape index (κ3) is 4.28. The lowest BCUT2D eigenvalue weighted by Crippen LogP contribution is -2.43. The lowest BCUT2D eigenvalue weighted by Gasteiger charge is -2.30. The first-order valence-corrected chi connectivity index (χ1v) is 10.5. The van der Waals surface area contributed by atoms with Crippen LogP contribution in [0.5, 0.6) is 5.75 Å². The zero-order chi connectivity index (χ0) is 22.0. The fourth-order valence-electron chi connectivity index (χ4n) is 3.71. The number of piperazine rings is 1. The number of methoxy groups -OCH3 is 1. The van der Waals surface area contributed by atoms with E-state index in [2.05, 4.69) is 26.6 Å². The molecule has 9 nitrogen and oxygen atoms in total. The van der Waals surface area contributed by atoms with E-state index in [9.17, 15) is 0 Å². The Morgan fingerprint density at radius 1 is 1.19 bits per heavy atom. The van der Waals surface area contributed by atoms with Gasteiger partial charge in [-0.25, -0.2) is 15.8 Å². The molecule has 2 heterocycles. The molecule has 0 spiro atoms. The van der Waals surface area contributed by atoms with E-state index in [1.54, 1.807) is 18.3 Å². The smallest absolute Gasteiger partial charge is 0.227 e. The van der Waals surface area contributed by atoms with Crippen LogP contribution in [0.4, 0.5) is 28.7 Å². The van der Waals surface area contributed by atoms with Crippen molar-refractivity contribution in [2.45, 2.75) is 19.9 Å². The van der Waals surface area contributed by atoms with Gasteiger partial charge >= 0.3 is 0 Å². The number of fused-ring (bicyclic) bond motifs is 1. The molecule has 6 N–H and O–H groups in total. The minimum absolute atomic E-state index is 0.0666.